The van der Waals surface area contributed by atoms with Crippen LogP contribution in [-0.2, 0) is 25.5 Å². The molecule has 0 radical (unpaired) electrons. The van der Waals surface area contributed by atoms with E-state index in [0.717, 1.165) is 23.4 Å². The minimum atomic E-state index is -0.576. The molecule has 7 nitrogen and oxygen atoms in total. The van der Waals surface area contributed by atoms with Crippen molar-refractivity contribution in [2.45, 2.75) is 26.2 Å². The summed E-state index contributed by atoms with van der Waals surface area (Å²) in [6.07, 6.45) is 1.67. The number of esters is 1. The summed E-state index contributed by atoms with van der Waals surface area (Å²) in [6.45, 7) is 2.42. The maximum atomic E-state index is 12.5. The highest BCUT2D eigenvalue weighted by Crippen LogP contribution is 2.26. The van der Waals surface area contributed by atoms with E-state index in [0.29, 0.717) is 13.0 Å². The summed E-state index contributed by atoms with van der Waals surface area (Å²) in [5.74, 6) is -1.58. The Morgan fingerprint density at radius 3 is 2.55 bits per heavy atom. The first-order valence-electron chi connectivity index (χ1n) is 10.5. The Morgan fingerprint density at radius 2 is 1.84 bits per heavy atom. The lowest BCUT2D eigenvalue weighted by Crippen LogP contribution is -2.31. The van der Waals surface area contributed by atoms with Crippen LogP contribution in [0, 0.1) is 5.92 Å². The highest BCUT2D eigenvalue weighted by molar-refractivity contribution is 6.03. The second-order valence-electron chi connectivity index (χ2n) is 7.71. The van der Waals surface area contributed by atoms with Crippen LogP contribution in [0.4, 0.5) is 5.69 Å². The Labute approximate surface area is 181 Å². The summed E-state index contributed by atoms with van der Waals surface area (Å²) in [4.78, 5) is 38.9. The number of aryl methyl sites for hydroxylation is 1. The van der Waals surface area contributed by atoms with Crippen molar-refractivity contribution < 1.29 is 19.1 Å². The third-order valence-electron chi connectivity index (χ3n) is 5.65. The molecule has 31 heavy (non-hydrogen) atoms. The molecule has 0 spiro atoms. The second-order valence-corrected chi connectivity index (χ2v) is 7.71. The Bertz CT molecular complexity index is 1000. The first-order chi connectivity index (χ1) is 15.0. The number of benzene rings is 2. The van der Waals surface area contributed by atoms with Gasteiger partial charge in [0.25, 0.3) is 5.91 Å². The molecule has 4 rings (SSSR count). The average Bonchev–Trinajstić information content (AvgIpc) is 3.45. The van der Waals surface area contributed by atoms with E-state index in [1.54, 1.807) is 4.90 Å². The van der Waals surface area contributed by atoms with Crippen LogP contribution < -0.4 is 4.90 Å². The molecule has 2 amide bonds. The summed E-state index contributed by atoms with van der Waals surface area (Å²) < 4.78 is 5.23. The Balaban J connectivity index is 1.30. The molecule has 0 bridgehead atoms. The topological polar surface area (TPSA) is 79.3 Å². The van der Waals surface area contributed by atoms with Crippen LogP contribution in [0.1, 0.15) is 30.9 Å². The van der Waals surface area contributed by atoms with E-state index >= 15 is 0 Å². The third-order valence-corrected chi connectivity index (χ3v) is 5.65. The molecule has 0 saturated carbocycles. The van der Waals surface area contributed by atoms with Gasteiger partial charge in [0.05, 0.1) is 18.2 Å². The van der Waals surface area contributed by atoms with Crippen molar-refractivity contribution in [2.24, 2.45) is 11.0 Å². The minimum absolute atomic E-state index is 0.0859. The van der Waals surface area contributed by atoms with Crippen LogP contribution in [0.3, 0.4) is 0 Å². The summed E-state index contributed by atoms with van der Waals surface area (Å²) in [7, 11) is 0. The van der Waals surface area contributed by atoms with Gasteiger partial charge in [0.1, 0.15) is 0 Å². The fraction of sp³-hybridized carbons (Fsp3) is 0.333. The maximum absolute atomic E-state index is 12.5. The number of carbonyl (C=O) groups is 3. The molecule has 0 aromatic heterocycles. The molecule has 0 aliphatic carbocycles. The van der Waals surface area contributed by atoms with Crippen molar-refractivity contribution in [3.8, 4) is 0 Å². The molecular formula is C24H25N3O4. The molecule has 2 heterocycles. The highest BCUT2D eigenvalue weighted by Gasteiger charge is 2.36. The quantitative estimate of drug-likeness (QED) is 0.675. The van der Waals surface area contributed by atoms with Gasteiger partial charge in [-0.1, -0.05) is 49.4 Å². The smallest absolute Gasteiger partial charge is 0.311 e. The largest absolute Gasteiger partial charge is 0.455 e. The van der Waals surface area contributed by atoms with Gasteiger partial charge in [0.2, 0.25) is 5.91 Å². The first-order valence-corrected chi connectivity index (χ1v) is 10.5. The van der Waals surface area contributed by atoms with Gasteiger partial charge < -0.3 is 9.64 Å². The molecule has 0 unspecified atom stereocenters. The fourth-order valence-electron chi connectivity index (χ4n) is 3.82. The molecule has 7 heteroatoms. The number of amides is 2. The third kappa shape index (κ3) is 4.66. The van der Waals surface area contributed by atoms with E-state index in [9.17, 15) is 14.4 Å². The van der Waals surface area contributed by atoms with Gasteiger partial charge in [-0.3, -0.25) is 14.4 Å². The minimum Gasteiger partial charge on any atom is -0.455 e. The molecular weight excluding hydrogens is 394 g/mol. The molecule has 160 valence electrons. The van der Waals surface area contributed by atoms with Crippen LogP contribution in [0.2, 0.25) is 0 Å². The van der Waals surface area contributed by atoms with E-state index < -0.39 is 11.9 Å². The van der Waals surface area contributed by atoms with E-state index in [4.69, 9.17) is 4.74 Å². The van der Waals surface area contributed by atoms with E-state index in [2.05, 4.69) is 12.0 Å². The van der Waals surface area contributed by atoms with Crippen molar-refractivity contribution in [1.82, 2.24) is 5.01 Å². The SMILES string of the molecule is CCc1ccc(N2C[C@H](C(=O)OCC(=O)N3CCC(c4ccccc4)=N3)CC2=O)cc1. The van der Waals surface area contributed by atoms with Crippen LogP contribution in [0.5, 0.6) is 0 Å². The lowest BCUT2D eigenvalue weighted by atomic mass is 10.1. The monoisotopic (exact) mass is 419 g/mol. The lowest BCUT2D eigenvalue weighted by molar-refractivity contribution is -0.155. The summed E-state index contributed by atoms with van der Waals surface area (Å²) >= 11 is 0. The number of carbonyl (C=O) groups excluding carboxylic acids is 3. The molecule has 2 aliphatic rings. The van der Waals surface area contributed by atoms with Crippen LogP contribution in [0.15, 0.2) is 59.7 Å². The van der Waals surface area contributed by atoms with Crippen molar-refractivity contribution in [3.63, 3.8) is 0 Å². The standard InChI is InChI=1S/C24H25N3O4/c1-2-17-8-10-20(11-9-17)26-15-19(14-22(26)28)24(30)31-16-23(29)27-13-12-21(25-27)18-6-4-3-5-7-18/h3-11,19H,2,12-16H2,1H3/t19-/m1/s1. The number of hydrogen-bond acceptors (Lipinski definition) is 5. The van der Waals surface area contributed by atoms with E-state index in [-0.39, 0.29) is 31.4 Å². The van der Waals surface area contributed by atoms with Crippen molar-refractivity contribution in [1.29, 1.82) is 0 Å². The maximum Gasteiger partial charge on any atom is 0.311 e. The van der Waals surface area contributed by atoms with Crippen LogP contribution in [-0.4, -0.2) is 48.2 Å². The Morgan fingerprint density at radius 1 is 1.10 bits per heavy atom. The predicted molar refractivity (Wildman–Crippen MR) is 117 cm³/mol. The average molecular weight is 419 g/mol. The zero-order valence-electron chi connectivity index (χ0n) is 17.5. The number of hydrogen-bond donors (Lipinski definition) is 0. The molecule has 2 aliphatic heterocycles. The number of anilines is 1. The number of ether oxygens (including phenoxy) is 1. The molecule has 2 aromatic rings. The number of rotatable bonds is 6. The molecule has 2 aromatic carbocycles. The highest BCUT2D eigenvalue weighted by atomic mass is 16.5. The second kappa shape index (κ2) is 9.12. The molecule has 0 N–H and O–H groups in total. The number of hydrazone groups is 1. The predicted octanol–water partition coefficient (Wildman–Crippen LogP) is 2.78. The van der Waals surface area contributed by atoms with Crippen molar-refractivity contribution in [3.05, 3.63) is 65.7 Å². The lowest BCUT2D eigenvalue weighted by Gasteiger charge is -2.17. The zero-order valence-corrected chi connectivity index (χ0v) is 17.5. The van der Waals surface area contributed by atoms with Gasteiger partial charge in [-0.2, -0.15) is 5.10 Å². The van der Waals surface area contributed by atoms with Crippen LogP contribution >= 0.6 is 0 Å². The zero-order chi connectivity index (χ0) is 21.8. The van der Waals surface area contributed by atoms with Gasteiger partial charge in [0, 0.05) is 25.1 Å². The summed E-state index contributed by atoms with van der Waals surface area (Å²) in [5.41, 5.74) is 3.77. The molecule has 1 saturated heterocycles. The first kappa shape index (κ1) is 20.8. The van der Waals surface area contributed by atoms with Gasteiger partial charge in [-0.15, -0.1) is 0 Å². The van der Waals surface area contributed by atoms with Crippen molar-refractivity contribution >= 4 is 29.2 Å². The van der Waals surface area contributed by atoms with E-state index in [1.807, 2.05) is 54.6 Å². The summed E-state index contributed by atoms with van der Waals surface area (Å²) in [6, 6.07) is 17.4. The van der Waals surface area contributed by atoms with Crippen LogP contribution in [0.25, 0.3) is 0 Å². The normalized spacial score (nSPS) is 18.3. The van der Waals surface area contributed by atoms with Crippen molar-refractivity contribution in [2.75, 3.05) is 24.6 Å². The molecule has 1 fully saturated rings. The molecule has 1 atom stereocenters. The van der Waals surface area contributed by atoms with Gasteiger partial charge in [0.15, 0.2) is 6.61 Å². The van der Waals surface area contributed by atoms with Gasteiger partial charge in [-0.25, -0.2) is 5.01 Å². The van der Waals surface area contributed by atoms with E-state index in [1.165, 1.54) is 10.6 Å². The van der Waals surface area contributed by atoms with Gasteiger partial charge >= 0.3 is 5.97 Å². The fourth-order valence-corrected chi connectivity index (χ4v) is 3.82. The number of nitrogens with zero attached hydrogens (tertiary/aromatic N) is 3. The summed E-state index contributed by atoms with van der Waals surface area (Å²) in [5, 5.41) is 5.70. The van der Waals surface area contributed by atoms with Gasteiger partial charge in [-0.05, 0) is 29.7 Å². The Hall–Kier alpha value is -3.48. The Kier molecular flexibility index (Phi) is 6.11.